The smallest absolute Gasteiger partial charge is 0.260 e. The highest BCUT2D eigenvalue weighted by Gasteiger charge is 2.21. The maximum atomic E-state index is 13.1. The first kappa shape index (κ1) is 22.4. The number of anilines is 1. The molecule has 9 heteroatoms. The lowest BCUT2D eigenvalue weighted by molar-refractivity contribution is 0.0989. The van der Waals surface area contributed by atoms with Gasteiger partial charge in [0, 0.05) is 36.0 Å². The lowest BCUT2D eigenvalue weighted by atomic mass is 10.2. The van der Waals surface area contributed by atoms with Crippen molar-refractivity contribution < 1.29 is 13.2 Å². The summed E-state index contributed by atoms with van der Waals surface area (Å²) in [6.07, 6.45) is 1.69. The van der Waals surface area contributed by atoms with E-state index in [1.54, 1.807) is 6.08 Å². The van der Waals surface area contributed by atoms with Gasteiger partial charge in [0.25, 0.3) is 5.91 Å². The Balaban J connectivity index is 1.82. The second-order valence-electron chi connectivity index (χ2n) is 6.42. The second-order valence-corrected chi connectivity index (χ2v) is 9.02. The Labute approximate surface area is 185 Å². The van der Waals surface area contributed by atoms with Gasteiger partial charge in [-0.3, -0.25) is 9.69 Å². The van der Waals surface area contributed by atoms with Crippen LogP contribution in [0.15, 0.2) is 77.5 Å². The van der Waals surface area contributed by atoms with Crippen LogP contribution < -0.4 is 9.62 Å². The van der Waals surface area contributed by atoms with Gasteiger partial charge in [-0.25, -0.2) is 18.1 Å². The number of benzene rings is 2. The summed E-state index contributed by atoms with van der Waals surface area (Å²) in [5.41, 5.74) is 2.05. The fourth-order valence-electron chi connectivity index (χ4n) is 2.76. The van der Waals surface area contributed by atoms with E-state index in [1.165, 1.54) is 40.5 Å². The molecule has 31 heavy (non-hydrogen) atoms. The number of sulfonamides is 1. The van der Waals surface area contributed by atoms with Crippen LogP contribution in [0.25, 0.3) is 11.3 Å². The summed E-state index contributed by atoms with van der Waals surface area (Å²) in [7, 11) is -3.74. The van der Waals surface area contributed by atoms with Gasteiger partial charge < -0.3 is 0 Å². The molecule has 0 saturated heterocycles. The molecular formula is C22H20N4O3S2. The summed E-state index contributed by atoms with van der Waals surface area (Å²) in [5.74, 6) is -0.310. The van der Waals surface area contributed by atoms with Gasteiger partial charge in [-0.15, -0.1) is 17.9 Å². The van der Waals surface area contributed by atoms with Gasteiger partial charge >= 0.3 is 0 Å². The van der Waals surface area contributed by atoms with Crippen molar-refractivity contribution in [1.29, 1.82) is 5.26 Å². The monoisotopic (exact) mass is 452 g/mol. The molecule has 1 aromatic heterocycles. The number of hydrogen-bond donors (Lipinski definition) is 1. The lowest BCUT2D eigenvalue weighted by Crippen LogP contribution is -2.31. The normalized spacial score (nSPS) is 10.9. The van der Waals surface area contributed by atoms with E-state index in [1.807, 2.05) is 41.8 Å². The molecule has 0 fully saturated rings. The molecule has 0 spiro atoms. The Bertz CT molecular complexity index is 1200. The third kappa shape index (κ3) is 5.44. The van der Waals surface area contributed by atoms with Crippen molar-refractivity contribution in [2.24, 2.45) is 0 Å². The van der Waals surface area contributed by atoms with Crippen LogP contribution in [0.2, 0.25) is 0 Å². The third-order valence-corrected chi connectivity index (χ3v) is 6.63. The van der Waals surface area contributed by atoms with Gasteiger partial charge in [0.2, 0.25) is 10.0 Å². The van der Waals surface area contributed by atoms with Crippen molar-refractivity contribution in [3.63, 3.8) is 0 Å². The molecule has 158 valence electrons. The zero-order valence-corrected chi connectivity index (χ0v) is 18.2. The van der Waals surface area contributed by atoms with E-state index in [4.69, 9.17) is 5.26 Å². The summed E-state index contributed by atoms with van der Waals surface area (Å²) < 4.78 is 26.8. The van der Waals surface area contributed by atoms with Gasteiger partial charge in [-0.1, -0.05) is 36.4 Å². The van der Waals surface area contributed by atoms with Crippen molar-refractivity contribution in [2.75, 3.05) is 18.0 Å². The molecule has 0 radical (unpaired) electrons. The molecule has 0 saturated carbocycles. The Hall–Kier alpha value is -3.32. The standard InChI is InChI=1S/C22H20N4O3S2/c1-2-15-26(22-25-20(16-30-22)17-7-4-3-5-8-17)21(27)18-9-11-19(12-10-18)31(28,29)24-14-6-13-23/h2-5,7-12,16,24H,1,6,14-15H2. The average molecular weight is 453 g/mol. The summed E-state index contributed by atoms with van der Waals surface area (Å²) in [6.45, 7) is 4.01. The van der Waals surface area contributed by atoms with E-state index in [0.29, 0.717) is 10.7 Å². The minimum atomic E-state index is -3.74. The zero-order chi connectivity index (χ0) is 22.3. The van der Waals surface area contributed by atoms with Crippen LogP contribution in [0.3, 0.4) is 0 Å². The van der Waals surface area contributed by atoms with Gasteiger partial charge in [-0.2, -0.15) is 5.26 Å². The minimum absolute atomic E-state index is 0.0258. The fraction of sp³-hybridized carbons (Fsp3) is 0.136. The van der Waals surface area contributed by atoms with Gasteiger partial charge in [0.15, 0.2) is 5.13 Å². The Kier molecular flexibility index (Phi) is 7.31. The Morgan fingerprint density at radius 3 is 2.55 bits per heavy atom. The fourth-order valence-corrected chi connectivity index (χ4v) is 4.64. The lowest BCUT2D eigenvalue weighted by Gasteiger charge is -2.18. The van der Waals surface area contributed by atoms with Crippen molar-refractivity contribution in [1.82, 2.24) is 9.71 Å². The van der Waals surface area contributed by atoms with Crippen LogP contribution in [0.5, 0.6) is 0 Å². The van der Waals surface area contributed by atoms with Crippen LogP contribution in [0.4, 0.5) is 5.13 Å². The number of nitrogens with zero attached hydrogens (tertiary/aromatic N) is 3. The molecule has 0 bridgehead atoms. The minimum Gasteiger partial charge on any atom is -0.280 e. The molecule has 7 nitrogen and oxygen atoms in total. The number of carbonyl (C=O) groups is 1. The molecule has 1 N–H and O–H groups in total. The van der Waals surface area contributed by atoms with E-state index >= 15 is 0 Å². The summed E-state index contributed by atoms with van der Waals surface area (Å²) in [6, 6.07) is 17.2. The van der Waals surface area contributed by atoms with Crippen LogP contribution in [-0.4, -0.2) is 32.4 Å². The highest BCUT2D eigenvalue weighted by atomic mass is 32.2. The maximum Gasteiger partial charge on any atom is 0.260 e. The maximum absolute atomic E-state index is 13.1. The van der Waals surface area contributed by atoms with Crippen molar-refractivity contribution in [3.8, 4) is 17.3 Å². The largest absolute Gasteiger partial charge is 0.280 e. The second kappa shape index (κ2) is 10.1. The number of nitrogens with one attached hydrogen (secondary N) is 1. The van der Waals surface area contributed by atoms with Crippen LogP contribution >= 0.6 is 11.3 Å². The molecule has 0 aliphatic rings. The predicted octanol–water partition coefficient (Wildman–Crippen LogP) is 3.83. The van der Waals surface area contributed by atoms with Crippen molar-refractivity contribution in [2.45, 2.75) is 11.3 Å². The summed E-state index contributed by atoms with van der Waals surface area (Å²) in [4.78, 5) is 19.2. The first-order valence-electron chi connectivity index (χ1n) is 9.36. The number of amides is 1. The number of aromatic nitrogens is 1. The Morgan fingerprint density at radius 1 is 1.19 bits per heavy atom. The number of thiazole rings is 1. The van der Waals surface area contributed by atoms with E-state index in [9.17, 15) is 13.2 Å². The Morgan fingerprint density at radius 2 is 1.90 bits per heavy atom. The SMILES string of the molecule is C=CCN(C(=O)c1ccc(S(=O)(=O)NCCC#N)cc1)c1nc(-c2ccccc2)cs1. The molecule has 0 unspecified atom stereocenters. The van der Waals surface area contributed by atoms with Crippen molar-refractivity contribution in [3.05, 3.63) is 78.2 Å². The number of carbonyl (C=O) groups excluding carboxylic acids is 1. The van der Waals surface area contributed by atoms with E-state index in [-0.39, 0.29) is 30.3 Å². The first-order chi connectivity index (χ1) is 15.0. The number of hydrogen-bond acceptors (Lipinski definition) is 6. The van der Waals surface area contributed by atoms with Gasteiger partial charge in [-0.05, 0) is 24.3 Å². The number of rotatable bonds is 9. The number of nitriles is 1. The van der Waals surface area contributed by atoms with E-state index in [2.05, 4.69) is 16.3 Å². The summed E-state index contributed by atoms with van der Waals surface area (Å²) >= 11 is 1.35. The van der Waals surface area contributed by atoms with Crippen molar-refractivity contribution >= 4 is 32.4 Å². The third-order valence-electron chi connectivity index (χ3n) is 4.29. The van der Waals surface area contributed by atoms with E-state index < -0.39 is 10.0 Å². The molecule has 1 amide bonds. The quantitative estimate of drug-likeness (QED) is 0.392. The summed E-state index contributed by atoms with van der Waals surface area (Å²) in [5, 5.41) is 11.0. The molecule has 0 atom stereocenters. The molecule has 0 aliphatic heterocycles. The van der Waals surface area contributed by atoms with Gasteiger partial charge in [0.05, 0.1) is 16.7 Å². The highest BCUT2D eigenvalue weighted by molar-refractivity contribution is 7.89. The molecule has 3 aromatic rings. The van der Waals surface area contributed by atoms with E-state index in [0.717, 1.165) is 11.3 Å². The average Bonchev–Trinajstić information content (AvgIpc) is 3.28. The molecule has 2 aromatic carbocycles. The van der Waals surface area contributed by atoms with Crippen LogP contribution in [0, 0.1) is 11.3 Å². The topological polar surface area (TPSA) is 103 Å². The molecule has 0 aliphatic carbocycles. The molecule has 3 rings (SSSR count). The molecular weight excluding hydrogens is 432 g/mol. The van der Waals surface area contributed by atoms with Crippen LogP contribution in [0.1, 0.15) is 16.8 Å². The zero-order valence-electron chi connectivity index (χ0n) is 16.6. The molecule has 1 heterocycles. The highest BCUT2D eigenvalue weighted by Crippen LogP contribution is 2.28. The first-order valence-corrected chi connectivity index (χ1v) is 11.7. The van der Waals surface area contributed by atoms with Crippen LogP contribution in [-0.2, 0) is 10.0 Å². The van der Waals surface area contributed by atoms with Gasteiger partial charge in [0.1, 0.15) is 0 Å². The predicted molar refractivity (Wildman–Crippen MR) is 121 cm³/mol.